The fraction of sp³-hybridized carbons (Fsp3) is 0.467. The average Bonchev–Trinajstić information content (AvgIpc) is 2.38. The van der Waals surface area contributed by atoms with Crippen LogP contribution in [0, 0.1) is 13.8 Å². The van der Waals surface area contributed by atoms with Crippen molar-refractivity contribution >= 4 is 11.9 Å². The van der Waals surface area contributed by atoms with E-state index in [1.807, 2.05) is 39.0 Å². The molecule has 0 aliphatic carbocycles. The van der Waals surface area contributed by atoms with E-state index in [1.165, 1.54) is 0 Å². The minimum absolute atomic E-state index is 0.0777. The van der Waals surface area contributed by atoms with E-state index in [-0.39, 0.29) is 25.0 Å². The SMILES string of the molecule is CCC(CC(=O)O)NC(=O)COc1cc(C)ccc1C. The highest BCUT2D eigenvalue weighted by molar-refractivity contribution is 5.78. The Bertz CT molecular complexity index is 485. The third kappa shape index (κ3) is 5.30. The summed E-state index contributed by atoms with van der Waals surface area (Å²) in [7, 11) is 0. The number of hydrogen-bond acceptors (Lipinski definition) is 3. The van der Waals surface area contributed by atoms with E-state index in [9.17, 15) is 9.59 Å². The van der Waals surface area contributed by atoms with E-state index in [4.69, 9.17) is 9.84 Å². The van der Waals surface area contributed by atoms with Gasteiger partial charge in [0, 0.05) is 6.04 Å². The number of hydrogen-bond donors (Lipinski definition) is 2. The van der Waals surface area contributed by atoms with Gasteiger partial charge >= 0.3 is 5.97 Å². The quantitative estimate of drug-likeness (QED) is 0.801. The number of amides is 1. The molecule has 0 radical (unpaired) electrons. The molecule has 0 saturated carbocycles. The number of aliphatic carboxylic acids is 1. The second-order valence-corrected chi connectivity index (χ2v) is 4.83. The molecule has 1 rings (SSSR count). The molecule has 0 heterocycles. The molecule has 0 saturated heterocycles. The van der Waals surface area contributed by atoms with E-state index in [0.717, 1.165) is 11.1 Å². The van der Waals surface area contributed by atoms with Gasteiger partial charge in [0.1, 0.15) is 5.75 Å². The van der Waals surface area contributed by atoms with Crippen LogP contribution in [0.15, 0.2) is 18.2 Å². The van der Waals surface area contributed by atoms with Gasteiger partial charge in [0.25, 0.3) is 5.91 Å². The van der Waals surface area contributed by atoms with Gasteiger partial charge in [-0.05, 0) is 37.5 Å². The number of rotatable bonds is 7. The lowest BCUT2D eigenvalue weighted by Gasteiger charge is -2.15. The van der Waals surface area contributed by atoms with Gasteiger partial charge in [-0.1, -0.05) is 19.1 Å². The Hall–Kier alpha value is -2.04. The minimum atomic E-state index is -0.924. The first-order valence-electron chi connectivity index (χ1n) is 6.63. The average molecular weight is 279 g/mol. The third-order valence-corrected chi connectivity index (χ3v) is 2.98. The Morgan fingerprint density at radius 2 is 2.05 bits per heavy atom. The Morgan fingerprint density at radius 1 is 1.35 bits per heavy atom. The minimum Gasteiger partial charge on any atom is -0.483 e. The predicted octanol–water partition coefficient (Wildman–Crippen LogP) is 2.05. The van der Waals surface area contributed by atoms with Crippen molar-refractivity contribution in [1.29, 1.82) is 0 Å². The summed E-state index contributed by atoms with van der Waals surface area (Å²) in [6, 6.07) is 5.42. The molecule has 0 aliphatic heterocycles. The molecule has 5 nitrogen and oxygen atoms in total. The molecule has 1 amide bonds. The van der Waals surface area contributed by atoms with E-state index in [2.05, 4.69) is 5.32 Å². The van der Waals surface area contributed by atoms with Crippen molar-refractivity contribution in [3.05, 3.63) is 29.3 Å². The summed E-state index contributed by atoms with van der Waals surface area (Å²) < 4.78 is 5.47. The molecule has 1 unspecified atom stereocenters. The molecule has 0 aliphatic rings. The van der Waals surface area contributed by atoms with Gasteiger partial charge in [-0.15, -0.1) is 0 Å². The van der Waals surface area contributed by atoms with Gasteiger partial charge in [-0.3, -0.25) is 9.59 Å². The van der Waals surface area contributed by atoms with Crippen LogP contribution in [0.4, 0.5) is 0 Å². The summed E-state index contributed by atoms with van der Waals surface area (Å²) in [5.74, 6) is -0.557. The summed E-state index contributed by atoms with van der Waals surface area (Å²) in [6.07, 6.45) is 0.493. The number of aryl methyl sites for hydroxylation is 2. The molecule has 5 heteroatoms. The van der Waals surface area contributed by atoms with Crippen molar-refractivity contribution in [2.75, 3.05) is 6.61 Å². The van der Waals surface area contributed by atoms with Gasteiger partial charge in [0.2, 0.25) is 0 Å². The second kappa shape index (κ2) is 7.53. The maximum atomic E-state index is 11.7. The van der Waals surface area contributed by atoms with Crippen molar-refractivity contribution in [2.45, 2.75) is 39.7 Å². The summed E-state index contributed by atoms with van der Waals surface area (Å²) in [5.41, 5.74) is 2.02. The molecule has 1 aromatic carbocycles. The lowest BCUT2D eigenvalue weighted by atomic mass is 10.1. The first-order chi connectivity index (χ1) is 9.42. The summed E-state index contributed by atoms with van der Waals surface area (Å²) in [5, 5.41) is 11.4. The number of ether oxygens (including phenoxy) is 1. The highest BCUT2D eigenvalue weighted by Crippen LogP contribution is 2.18. The maximum Gasteiger partial charge on any atom is 0.305 e. The number of benzene rings is 1. The van der Waals surface area contributed by atoms with Crippen LogP contribution in [0.25, 0.3) is 0 Å². The zero-order valence-electron chi connectivity index (χ0n) is 12.1. The predicted molar refractivity (Wildman–Crippen MR) is 75.9 cm³/mol. The van der Waals surface area contributed by atoms with Gasteiger partial charge in [-0.2, -0.15) is 0 Å². The van der Waals surface area contributed by atoms with Crippen LogP contribution in [-0.2, 0) is 9.59 Å². The van der Waals surface area contributed by atoms with Crippen LogP contribution in [0.2, 0.25) is 0 Å². The molecule has 2 N–H and O–H groups in total. The lowest BCUT2D eigenvalue weighted by molar-refractivity contribution is -0.137. The fourth-order valence-corrected chi connectivity index (χ4v) is 1.78. The molecular formula is C15H21NO4. The summed E-state index contributed by atoms with van der Waals surface area (Å²) >= 11 is 0. The zero-order valence-corrected chi connectivity index (χ0v) is 12.1. The van der Waals surface area contributed by atoms with Crippen molar-refractivity contribution < 1.29 is 19.4 Å². The number of carbonyl (C=O) groups is 2. The van der Waals surface area contributed by atoms with E-state index >= 15 is 0 Å². The normalized spacial score (nSPS) is 11.8. The monoisotopic (exact) mass is 279 g/mol. The van der Waals surface area contributed by atoms with Crippen LogP contribution in [0.5, 0.6) is 5.75 Å². The molecule has 0 bridgehead atoms. The van der Waals surface area contributed by atoms with Gasteiger partial charge in [-0.25, -0.2) is 0 Å². The number of carboxylic acid groups (broad SMARTS) is 1. The van der Waals surface area contributed by atoms with Crippen LogP contribution in [0.1, 0.15) is 30.9 Å². The smallest absolute Gasteiger partial charge is 0.305 e. The molecule has 0 spiro atoms. The fourth-order valence-electron chi connectivity index (χ4n) is 1.78. The number of nitrogens with one attached hydrogen (secondary N) is 1. The Labute approximate surface area is 118 Å². The standard InChI is InChI=1S/C15H21NO4/c1-4-12(8-15(18)19)16-14(17)9-20-13-7-10(2)5-6-11(13)3/h5-7,12H,4,8-9H2,1-3H3,(H,16,17)(H,18,19). The van der Waals surface area contributed by atoms with E-state index < -0.39 is 5.97 Å². The van der Waals surface area contributed by atoms with Gasteiger partial charge in [0.15, 0.2) is 6.61 Å². The van der Waals surface area contributed by atoms with Crippen molar-refractivity contribution in [2.24, 2.45) is 0 Å². The molecule has 1 aromatic rings. The number of carboxylic acids is 1. The second-order valence-electron chi connectivity index (χ2n) is 4.83. The Kier molecular flexibility index (Phi) is 6.03. The first-order valence-corrected chi connectivity index (χ1v) is 6.63. The Balaban J connectivity index is 2.50. The molecule has 20 heavy (non-hydrogen) atoms. The third-order valence-electron chi connectivity index (χ3n) is 2.98. The van der Waals surface area contributed by atoms with Crippen molar-refractivity contribution in [3.8, 4) is 5.75 Å². The Morgan fingerprint density at radius 3 is 2.65 bits per heavy atom. The van der Waals surface area contributed by atoms with E-state index in [1.54, 1.807) is 0 Å². The van der Waals surface area contributed by atoms with Crippen LogP contribution < -0.4 is 10.1 Å². The van der Waals surface area contributed by atoms with Crippen molar-refractivity contribution in [1.82, 2.24) is 5.32 Å². The topological polar surface area (TPSA) is 75.6 Å². The molecular weight excluding hydrogens is 258 g/mol. The molecule has 0 aromatic heterocycles. The van der Waals surface area contributed by atoms with Crippen molar-refractivity contribution in [3.63, 3.8) is 0 Å². The number of carbonyl (C=O) groups excluding carboxylic acids is 1. The zero-order chi connectivity index (χ0) is 15.1. The molecule has 0 fully saturated rings. The lowest BCUT2D eigenvalue weighted by Crippen LogP contribution is -2.38. The highest BCUT2D eigenvalue weighted by Gasteiger charge is 2.14. The van der Waals surface area contributed by atoms with Gasteiger partial charge < -0.3 is 15.2 Å². The molecule has 1 atom stereocenters. The summed E-state index contributed by atoms with van der Waals surface area (Å²) in [6.45, 7) is 5.58. The van der Waals surface area contributed by atoms with Crippen LogP contribution >= 0.6 is 0 Å². The van der Waals surface area contributed by atoms with E-state index in [0.29, 0.717) is 12.2 Å². The van der Waals surface area contributed by atoms with Crippen LogP contribution in [-0.4, -0.2) is 29.6 Å². The summed E-state index contributed by atoms with van der Waals surface area (Å²) in [4.78, 5) is 22.4. The largest absolute Gasteiger partial charge is 0.483 e. The van der Waals surface area contributed by atoms with Gasteiger partial charge in [0.05, 0.1) is 6.42 Å². The maximum absolute atomic E-state index is 11.7. The van der Waals surface area contributed by atoms with Crippen LogP contribution in [0.3, 0.4) is 0 Å². The first kappa shape index (κ1) is 16.0. The highest BCUT2D eigenvalue weighted by atomic mass is 16.5. The molecule has 110 valence electrons.